The minimum absolute atomic E-state index is 0.0100. The van der Waals surface area contributed by atoms with Gasteiger partial charge in [-0.05, 0) is 62.9 Å². The number of para-hydroxylation sites is 2. The van der Waals surface area contributed by atoms with E-state index in [0.717, 1.165) is 11.3 Å². The fourth-order valence-electron chi connectivity index (χ4n) is 3.13. The largest absolute Gasteiger partial charge is 0.497 e. The van der Waals surface area contributed by atoms with Gasteiger partial charge in [-0.1, -0.05) is 24.3 Å². The van der Waals surface area contributed by atoms with Gasteiger partial charge in [0.05, 0.1) is 18.9 Å². The van der Waals surface area contributed by atoms with Gasteiger partial charge in [0.25, 0.3) is 0 Å². The van der Waals surface area contributed by atoms with Crippen molar-refractivity contribution in [1.82, 2.24) is 5.32 Å². The van der Waals surface area contributed by atoms with Crippen molar-refractivity contribution in [2.24, 2.45) is 5.41 Å². The third-order valence-electron chi connectivity index (χ3n) is 4.98. The molecule has 1 aliphatic carbocycles. The van der Waals surface area contributed by atoms with E-state index in [9.17, 15) is 9.59 Å². The van der Waals surface area contributed by atoms with E-state index >= 15 is 0 Å². The van der Waals surface area contributed by atoms with Crippen LogP contribution in [-0.4, -0.2) is 31.6 Å². The Morgan fingerprint density at radius 1 is 1.03 bits per heavy atom. The number of benzene rings is 2. The summed E-state index contributed by atoms with van der Waals surface area (Å²) >= 11 is 0. The van der Waals surface area contributed by atoms with Crippen molar-refractivity contribution >= 4 is 17.5 Å². The maximum atomic E-state index is 12.8. The van der Waals surface area contributed by atoms with Gasteiger partial charge in [0.2, 0.25) is 11.8 Å². The maximum Gasteiger partial charge on any atom is 0.240 e. The van der Waals surface area contributed by atoms with Crippen LogP contribution in [0.15, 0.2) is 48.5 Å². The molecule has 0 radical (unpaired) electrons. The quantitative estimate of drug-likeness (QED) is 0.636. The van der Waals surface area contributed by atoms with E-state index in [-0.39, 0.29) is 17.9 Å². The van der Waals surface area contributed by atoms with Crippen LogP contribution in [0.5, 0.6) is 11.5 Å². The van der Waals surface area contributed by atoms with Gasteiger partial charge in [-0.2, -0.15) is 0 Å². The molecule has 29 heavy (non-hydrogen) atoms. The summed E-state index contributed by atoms with van der Waals surface area (Å²) in [5.74, 6) is 0.907. The molecule has 2 N–H and O–H groups in total. The molecule has 3 rings (SSSR count). The predicted octanol–water partition coefficient (Wildman–Crippen LogP) is 3.56. The first kappa shape index (κ1) is 20.7. The zero-order chi connectivity index (χ0) is 20.9. The molecule has 0 saturated heterocycles. The third-order valence-corrected chi connectivity index (χ3v) is 4.98. The number of hydrogen-bond acceptors (Lipinski definition) is 4. The van der Waals surface area contributed by atoms with E-state index < -0.39 is 5.41 Å². The van der Waals surface area contributed by atoms with Crippen molar-refractivity contribution in [3.8, 4) is 11.5 Å². The molecule has 0 unspecified atom stereocenters. The fourth-order valence-corrected chi connectivity index (χ4v) is 3.13. The number of hydrogen-bond donors (Lipinski definition) is 2. The molecule has 0 spiro atoms. The zero-order valence-corrected chi connectivity index (χ0v) is 17.2. The van der Waals surface area contributed by atoms with Crippen molar-refractivity contribution in [3.05, 3.63) is 54.1 Å². The lowest BCUT2D eigenvalue weighted by Gasteiger charge is -2.18. The van der Waals surface area contributed by atoms with Gasteiger partial charge in [0.1, 0.15) is 16.9 Å². The molecule has 154 valence electrons. The van der Waals surface area contributed by atoms with Gasteiger partial charge in [0.15, 0.2) is 0 Å². The number of amides is 2. The van der Waals surface area contributed by atoms with Crippen LogP contribution >= 0.6 is 0 Å². The molecule has 6 heteroatoms. The van der Waals surface area contributed by atoms with Crippen molar-refractivity contribution < 1.29 is 19.1 Å². The highest BCUT2D eigenvalue weighted by Gasteiger charge is 2.56. The van der Waals surface area contributed by atoms with Gasteiger partial charge in [-0.25, -0.2) is 0 Å². The van der Waals surface area contributed by atoms with E-state index in [1.54, 1.807) is 13.2 Å². The van der Waals surface area contributed by atoms with Crippen LogP contribution in [0.3, 0.4) is 0 Å². The van der Waals surface area contributed by atoms with Crippen molar-refractivity contribution in [2.45, 2.75) is 39.2 Å². The lowest BCUT2D eigenvalue weighted by atomic mass is 10.0. The van der Waals surface area contributed by atoms with Crippen LogP contribution < -0.4 is 20.1 Å². The molecule has 0 heterocycles. The minimum Gasteiger partial charge on any atom is -0.497 e. The summed E-state index contributed by atoms with van der Waals surface area (Å²) in [5, 5.41) is 5.80. The Morgan fingerprint density at radius 3 is 2.34 bits per heavy atom. The molecule has 0 aromatic heterocycles. The van der Waals surface area contributed by atoms with Gasteiger partial charge in [-0.3, -0.25) is 9.59 Å². The Hall–Kier alpha value is -3.02. The molecule has 0 bridgehead atoms. The van der Waals surface area contributed by atoms with E-state index in [1.165, 1.54) is 0 Å². The number of nitrogens with one attached hydrogen (secondary N) is 2. The molecular weight excluding hydrogens is 368 g/mol. The highest BCUT2D eigenvalue weighted by molar-refractivity contribution is 6.13. The summed E-state index contributed by atoms with van der Waals surface area (Å²) in [4.78, 5) is 25.5. The summed E-state index contributed by atoms with van der Waals surface area (Å²) in [7, 11) is 1.63. The lowest BCUT2D eigenvalue weighted by Crippen LogP contribution is -2.40. The number of rotatable bonds is 9. The predicted molar refractivity (Wildman–Crippen MR) is 112 cm³/mol. The topological polar surface area (TPSA) is 76.7 Å². The SMILES string of the molecule is COc1ccc(CCNC(=O)C2(C(=O)Nc3ccccc3OC(C)C)CC2)cc1. The van der Waals surface area contributed by atoms with Crippen molar-refractivity contribution in [3.63, 3.8) is 0 Å². The summed E-state index contributed by atoms with van der Waals surface area (Å²) < 4.78 is 10.9. The Labute approximate surface area is 171 Å². The van der Waals surface area contributed by atoms with Crippen molar-refractivity contribution in [2.75, 3.05) is 19.0 Å². The van der Waals surface area contributed by atoms with Gasteiger partial charge in [-0.15, -0.1) is 0 Å². The Balaban J connectivity index is 1.56. The summed E-state index contributed by atoms with van der Waals surface area (Å²) in [6, 6.07) is 15.0. The fraction of sp³-hybridized carbons (Fsp3) is 0.391. The monoisotopic (exact) mass is 396 g/mol. The van der Waals surface area contributed by atoms with Crippen LogP contribution in [0.1, 0.15) is 32.3 Å². The number of carbonyl (C=O) groups is 2. The lowest BCUT2D eigenvalue weighted by molar-refractivity contribution is -0.134. The molecule has 1 fully saturated rings. The first-order valence-electron chi connectivity index (χ1n) is 9.93. The van der Waals surface area contributed by atoms with Gasteiger partial charge >= 0.3 is 0 Å². The Morgan fingerprint density at radius 2 is 1.72 bits per heavy atom. The van der Waals surface area contributed by atoms with E-state index in [4.69, 9.17) is 9.47 Å². The summed E-state index contributed by atoms with van der Waals surface area (Å²) in [6.07, 6.45) is 1.79. The normalized spacial score (nSPS) is 14.2. The Kier molecular flexibility index (Phi) is 6.42. The average molecular weight is 396 g/mol. The molecule has 1 aliphatic rings. The second kappa shape index (κ2) is 8.99. The van der Waals surface area contributed by atoms with Crippen LogP contribution in [0, 0.1) is 5.41 Å². The second-order valence-electron chi connectivity index (χ2n) is 7.55. The minimum atomic E-state index is -0.981. The van der Waals surface area contributed by atoms with Crippen LogP contribution in [0.2, 0.25) is 0 Å². The van der Waals surface area contributed by atoms with Crippen LogP contribution in [0.25, 0.3) is 0 Å². The van der Waals surface area contributed by atoms with Crippen LogP contribution in [-0.2, 0) is 16.0 Å². The van der Waals surface area contributed by atoms with E-state index in [0.29, 0.717) is 37.2 Å². The zero-order valence-electron chi connectivity index (χ0n) is 17.2. The first-order valence-corrected chi connectivity index (χ1v) is 9.93. The number of methoxy groups -OCH3 is 1. The molecule has 0 atom stereocenters. The molecule has 1 saturated carbocycles. The Bertz CT molecular complexity index is 857. The molecule has 6 nitrogen and oxygen atoms in total. The number of carbonyl (C=O) groups excluding carboxylic acids is 2. The molecule has 2 aromatic rings. The third kappa shape index (κ3) is 5.08. The summed E-state index contributed by atoms with van der Waals surface area (Å²) in [5.41, 5.74) is 0.703. The molecule has 2 amide bonds. The smallest absolute Gasteiger partial charge is 0.240 e. The van der Waals surface area contributed by atoms with E-state index in [1.807, 2.05) is 56.3 Å². The van der Waals surface area contributed by atoms with E-state index in [2.05, 4.69) is 10.6 Å². The van der Waals surface area contributed by atoms with Gasteiger partial charge < -0.3 is 20.1 Å². The maximum absolute atomic E-state index is 12.8. The highest BCUT2D eigenvalue weighted by Crippen LogP contribution is 2.47. The van der Waals surface area contributed by atoms with Crippen molar-refractivity contribution in [1.29, 1.82) is 0 Å². The average Bonchev–Trinajstić information content (AvgIpc) is 3.52. The standard InChI is InChI=1S/C23H28N2O4/c1-16(2)29-20-7-5-4-6-19(20)25-22(27)23(13-14-23)21(26)24-15-12-17-8-10-18(28-3)11-9-17/h4-11,16H,12-15H2,1-3H3,(H,24,26)(H,25,27). The first-order chi connectivity index (χ1) is 13.9. The van der Waals surface area contributed by atoms with Gasteiger partial charge in [0, 0.05) is 6.54 Å². The highest BCUT2D eigenvalue weighted by atomic mass is 16.5. The number of ether oxygens (including phenoxy) is 2. The van der Waals surface area contributed by atoms with Crippen LogP contribution in [0.4, 0.5) is 5.69 Å². The second-order valence-corrected chi connectivity index (χ2v) is 7.55. The summed E-state index contributed by atoms with van der Waals surface area (Å²) in [6.45, 7) is 4.34. The molecule has 2 aromatic carbocycles. The molecule has 0 aliphatic heterocycles. The number of anilines is 1. The molecular formula is C23H28N2O4.